The average molecular weight is 257 g/mol. The molecule has 19 heavy (non-hydrogen) atoms. The molecule has 0 saturated carbocycles. The van der Waals surface area contributed by atoms with Crippen molar-refractivity contribution >= 4 is 5.69 Å². The van der Waals surface area contributed by atoms with Crippen LogP contribution in [0.3, 0.4) is 0 Å². The molecule has 1 aromatic rings. The van der Waals surface area contributed by atoms with Crippen LogP contribution in [0.5, 0.6) is 0 Å². The van der Waals surface area contributed by atoms with Gasteiger partial charge in [0.25, 0.3) is 0 Å². The Morgan fingerprint density at radius 2 is 2.21 bits per heavy atom. The maximum atomic E-state index is 9.05. The maximum Gasteiger partial charge on any atom is 0.0643 e. The Bertz CT molecular complexity index is 475. The van der Waals surface area contributed by atoms with E-state index in [0.29, 0.717) is 12.5 Å². The zero-order valence-corrected chi connectivity index (χ0v) is 12.1. The predicted molar refractivity (Wildman–Crippen MR) is 79.4 cm³/mol. The molecule has 0 radical (unpaired) electrons. The van der Waals surface area contributed by atoms with Gasteiger partial charge in [0, 0.05) is 24.8 Å². The summed E-state index contributed by atoms with van der Waals surface area (Å²) in [7, 11) is 0. The smallest absolute Gasteiger partial charge is 0.0643 e. The molecular weight excluding hydrogens is 234 g/mol. The number of nitrogens with one attached hydrogen (secondary N) is 1. The van der Waals surface area contributed by atoms with Crippen molar-refractivity contribution in [2.45, 2.75) is 45.7 Å². The van der Waals surface area contributed by atoms with Crippen LogP contribution in [0.15, 0.2) is 18.2 Å². The molecule has 102 valence electrons. The number of aryl methyl sites for hydroxylation is 2. The second-order valence-electron chi connectivity index (χ2n) is 5.60. The fourth-order valence-electron chi connectivity index (χ4n) is 2.80. The van der Waals surface area contributed by atoms with Gasteiger partial charge in [-0.25, -0.2) is 0 Å². The summed E-state index contributed by atoms with van der Waals surface area (Å²) in [5.41, 5.74) is 3.87. The Hall–Kier alpha value is -1.53. The van der Waals surface area contributed by atoms with Crippen LogP contribution in [-0.2, 0) is 0 Å². The lowest BCUT2D eigenvalue weighted by atomic mass is 10.1. The van der Waals surface area contributed by atoms with E-state index in [2.05, 4.69) is 55.3 Å². The molecule has 2 rings (SSSR count). The number of hydrogen-bond donors (Lipinski definition) is 1. The van der Waals surface area contributed by atoms with Crippen LogP contribution in [0.1, 0.15) is 30.9 Å². The van der Waals surface area contributed by atoms with Crippen LogP contribution in [-0.4, -0.2) is 25.2 Å². The minimum absolute atomic E-state index is 0.274. The van der Waals surface area contributed by atoms with E-state index in [9.17, 15) is 0 Å². The van der Waals surface area contributed by atoms with Crippen molar-refractivity contribution in [2.24, 2.45) is 0 Å². The minimum atomic E-state index is 0.274. The summed E-state index contributed by atoms with van der Waals surface area (Å²) < 4.78 is 0. The van der Waals surface area contributed by atoms with Gasteiger partial charge in [-0.15, -0.1) is 0 Å². The molecule has 3 heteroatoms. The third kappa shape index (κ3) is 3.27. The van der Waals surface area contributed by atoms with Crippen molar-refractivity contribution in [3.63, 3.8) is 0 Å². The highest BCUT2D eigenvalue weighted by Gasteiger charge is 2.24. The summed E-state index contributed by atoms with van der Waals surface area (Å²) in [5, 5.41) is 12.6. The van der Waals surface area contributed by atoms with Crippen molar-refractivity contribution in [1.82, 2.24) is 5.32 Å². The van der Waals surface area contributed by atoms with Gasteiger partial charge in [0.15, 0.2) is 0 Å². The van der Waals surface area contributed by atoms with E-state index < -0.39 is 0 Å². The van der Waals surface area contributed by atoms with E-state index in [1.165, 1.54) is 16.8 Å². The third-order valence-electron chi connectivity index (χ3n) is 3.93. The maximum absolute atomic E-state index is 9.05. The monoisotopic (exact) mass is 257 g/mol. The van der Waals surface area contributed by atoms with Crippen LogP contribution < -0.4 is 10.2 Å². The summed E-state index contributed by atoms with van der Waals surface area (Å²) in [4.78, 5) is 2.41. The molecule has 1 fully saturated rings. The first kappa shape index (κ1) is 13.9. The zero-order chi connectivity index (χ0) is 13.8. The first-order valence-corrected chi connectivity index (χ1v) is 7.06. The van der Waals surface area contributed by atoms with Gasteiger partial charge < -0.3 is 10.2 Å². The number of benzene rings is 1. The molecule has 0 aromatic heterocycles. The normalized spacial score (nSPS) is 23.8. The number of nitriles is 1. The molecule has 0 aliphatic carbocycles. The molecule has 0 amide bonds. The molecule has 0 spiro atoms. The fourth-order valence-corrected chi connectivity index (χ4v) is 2.80. The second-order valence-corrected chi connectivity index (χ2v) is 5.60. The second kappa shape index (κ2) is 6.08. The highest BCUT2D eigenvalue weighted by atomic mass is 15.2. The lowest BCUT2D eigenvalue weighted by molar-refractivity contribution is 0.538. The van der Waals surface area contributed by atoms with Crippen molar-refractivity contribution in [2.75, 3.05) is 18.0 Å². The highest BCUT2D eigenvalue weighted by molar-refractivity contribution is 5.55. The fraction of sp³-hybridized carbons (Fsp3) is 0.562. The Morgan fingerprint density at radius 1 is 1.42 bits per heavy atom. The van der Waals surface area contributed by atoms with E-state index >= 15 is 0 Å². The molecule has 2 atom stereocenters. The Balaban J connectivity index is 2.29. The van der Waals surface area contributed by atoms with E-state index in [-0.39, 0.29) is 6.04 Å². The van der Waals surface area contributed by atoms with Gasteiger partial charge in [-0.1, -0.05) is 17.7 Å². The average Bonchev–Trinajstić information content (AvgIpc) is 2.54. The van der Waals surface area contributed by atoms with Crippen molar-refractivity contribution < 1.29 is 0 Å². The van der Waals surface area contributed by atoms with E-state index in [4.69, 9.17) is 5.26 Å². The van der Waals surface area contributed by atoms with Gasteiger partial charge in [0.05, 0.1) is 18.5 Å². The van der Waals surface area contributed by atoms with Crippen molar-refractivity contribution in [3.8, 4) is 6.07 Å². The van der Waals surface area contributed by atoms with E-state index in [1.807, 2.05) is 0 Å². The lowest BCUT2D eigenvalue weighted by Crippen LogP contribution is -2.40. The number of anilines is 1. The van der Waals surface area contributed by atoms with Crippen LogP contribution >= 0.6 is 0 Å². The van der Waals surface area contributed by atoms with Crippen LogP contribution in [0, 0.1) is 25.2 Å². The van der Waals surface area contributed by atoms with Crippen LogP contribution in [0.4, 0.5) is 5.69 Å². The third-order valence-corrected chi connectivity index (χ3v) is 3.93. The van der Waals surface area contributed by atoms with Gasteiger partial charge in [0.2, 0.25) is 0 Å². The topological polar surface area (TPSA) is 39.1 Å². The van der Waals surface area contributed by atoms with Gasteiger partial charge in [0.1, 0.15) is 0 Å². The predicted octanol–water partition coefficient (Wildman–Crippen LogP) is 2.77. The SMILES string of the molecule is Cc1ccc(N2CCC(C)NCC2CC#N)c(C)c1. The van der Waals surface area contributed by atoms with E-state index in [1.54, 1.807) is 0 Å². The highest BCUT2D eigenvalue weighted by Crippen LogP contribution is 2.25. The number of nitrogens with zero attached hydrogens (tertiary/aromatic N) is 2. The van der Waals surface area contributed by atoms with Crippen LogP contribution in [0.25, 0.3) is 0 Å². The van der Waals surface area contributed by atoms with Gasteiger partial charge in [-0.2, -0.15) is 5.26 Å². The summed E-state index contributed by atoms with van der Waals surface area (Å²) in [5.74, 6) is 0. The molecule has 1 saturated heterocycles. The molecule has 1 N–H and O–H groups in total. The Morgan fingerprint density at radius 3 is 2.89 bits per heavy atom. The standard InChI is InChI=1S/C16H23N3/c1-12-4-5-16(13(2)10-12)19-9-7-14(3)18-11-15(19)6-8-17/h4-5,10,14-15,18H,6-7,9,11H2,1-3H3. The molecule has 1 aliphatic rings. The Labute approximate surface area is 116 Å². The first-order valence-electron chi connectivity index (χ1n) is 7.06. The molecular formula is C16H23N3. The van der Waals surface area contributed by atoms with Gasteiger partial charge >= 0.3 is 0 Å². The Kier molecular flexibility index (Phi) is 4.44. The molecule has 1 heterocycles. The number of hydrogen-bond acceptors (Lipinski definition) is 3. The minimum Gasteiger partial charge on any atom is -0.366 e. The lowest BCUT2D eigenvalue weighted by Gasteiger charge is -2.31. The number of rotatable bonds is 2. The molecule has 2 unspecified atom stereocenters. The molecule has 1 aliphatic heterocycles. The molecule has 0 bridgehead atoms. The van der Waals surface area contributed by atoms with Gasteiger partial charge in [-0.05, 0) is 38.8 Å². The molecule has 1 aromatic carbocycles. The van der Waals surface area contributed by atoms with Crippen molar-refractivity contribution in [1.29, 1.82) is 5.26 Å². The van der Waals surface area contributed by atoms with Crippen molar-refractivity contribution in [3.05, 3.63) is 29.3 Å². The zero-order valence-electron chi connectivity index (χ0n) is 12.1. The summed E-state index contributed by atoms with van der Waals surface area (Å²) in [6, 6.07) is 9.71. The quantitative estimate of drug-likeness (QED) is 0.885. The van der Waals surface area contributed by atoms with E-state index in [0.717, 1.165) is 19.5 Å². The summed E-state index contributed by atoms with van der Waals surface area (Å²) in [6.45, 7) is 8.41. The first-order chi connectivity index (χ1) is 9.11. The van der Waals surface area contributed by atoms with Crippen LogP contribution in [0.2, 0.25) is 0 Å². The largest absolute Gasteiger partial charge is 0.366 e. The summed E-state index contributed by atoms with van der Waals surface area (Å²) >= 11 is 0. The summed E-state index contributed by atoms with van der Waals surface area (Å²) in [6.07, 6.45) is 1.70. The van der Waals surface area contributed by atoms with Gasteiger partial charge in [-0.3, -0.25) is 0 Å². The molecule has 3 nitrogen and oxygen atoms in total.